The summed E-state index contributed by atoms with van der Waals surface area (Å²) in [6.45, 7) is 1.86. The van der Waals surface area contributed by atoms with Crippen molar-refractivity contribution in [1.29, 1.82) is 0 Å². The van der Waals surface area contributed by atoms with Crippen molar-refractivity contribution in [3.05, 3.63) is 153 Å². The summed E-state index contributed by atoms with van der Waals surface area (Å²) in [6, 6.07) is 33.2. The molecule has 11 heteroatoms. The molecule has 0 aliphatic heterocycles. The van der Waals surface area contributed by atoms with Gasteiger partial charge in [0, 0.05) is 37.1 Å². The second-order valence-electron chi connectivity index (χ2n) is 19.7. The van der Waals surface area contributed by atoms with E-state index in [-0.39, 0.29) is 48.5 Å². The number of hydrogen-bond donors (Lipinski definition) is 5. The normalized spacial score (nSPS) is 23.5. The van der Waals surface area contributed by atoms with Gasteiger partial charge in [-0.15, -0.1) is 0 Å². The molecule has 4 aliphatic carbocycles. The minimum absolute atomic E-state index is 0.0177. The number of allylic oxidation sites excluding steroid dienone is 1. The quantitative estimate of drug-likeness (QED) is 0.0786. The first-order valence-corrected chi connectivity index (χ1v) is 24.5. The third-order valence-corrected chi connectivity index (χ3v) is 15.9. The first-order valence-electron chi connectivity index (χ1n) is 24.5. The Labute approximate surface area is 408 Å². The Morgan fingerprint density at radius 3 is 2.33 bits per heavy atom. The molecule has 5 N–H and O–H groups in total. The van der Waals surface area contributed by atoms with Crippen molar-refractivity contribution in [2.75, 3.05) is 27.9 Å². The number of carbonyl (C=O) groups is 2. The number of benzene rings is 6. The standard InChI is InChI=1S/C59H61NO10/c1-33(62)69-55-28-44(70-58(66)20-34-12-13-39-22-43(63)26-46(45(39)19-34)38-11-7-8-35(18-38)31-60-2)27-49-47-30-57(68-4)53(64)24-40(47)15-17-50(49)59(42-16-14-36-9-5-6-10-37(36)21-42)51(55)23-41-25-56(67-3)54(65)29-48(41)52(59)32-61/h5-13,18-19,21-22,24-26,29-30,44,49-52,55,60-61,63-65H,14-17,20,23,27-28,31-32H2,1-4H3. The number of phenols is 3. The van der Waals surface area contributed by atoms with Gasteiger partial charge in [0.2, 0.25) is 0 Å². The third-order valence-electron chi connectivity index (χ3n) is 15.9. The highest BCUT2D eigenvalue weighted by Gasteiger charge is 2.62. The zero-order chi connectivity index (χ0) is 48.8. The van der Waals surface area contributed by atoms with Crippen LogP contribution in [0.5, 0.6) is 28.7 Å². The predicted octanol–water partition coefficient (Wildman–Crippen LogP) is 9.85. The number of carbonyl (C=O) groups excluding carboxylic acids is 2. The molecule has 0 heterocycles. The van der Waals surface area contributed by atoms with Crippen molar-refractivity contribution in [2.24, 2.45) is 17.3 Å². The highest BCUT2D eigenvalue weighted by Crippen LogP contribution is 2.67. The van der Waals surface area contributed by atoms with Gasteiger partial charge in [-0.2, -0.15) is 0 Å². The fraction of sp³-hybridized carbons (Fsp3) is 0.356. The van der Waals surface area contributed by atoms with Crippen LogP contribution in [-0.2, 0) is 51.3 Å². The minimum Gasteiger partial charge on any atom is -0.508 e. The van der Waals surface area contributed by atoms with Crippen LogP contribution >= 0.6 is 0 Å². The maximum absolute atomic E-state index is 14.6. The van der Waals surface area contributed by atoms with Gasteiger partial charge in [0.1, 0.15) is 18.0 Å². The number of hydrogen-bond acceptors (Lipinski definition) is 11. The molecular weight excluding hydrogens is 883 g/mol. The highest BCUT2D eigenvalue weighted by atomic mass is 16.6. The van der Waals surface area contributed by atoms with E-state index in [1.807, 2.05) is 55.6 Å². The van der Waals surface area contributed by atoms with E-state index in [1.54, 1.807) is 24.3 Å². The summed E-state index contributed by atoms with van der Waals surface area (Å²) in [7, 11) is 4.95. The maximum atomic E-state index is 14.6. The van der Waals surface area contributed by atoms with Crippen LogP contribution in [0, 0.1) is 17.3 Å². The van der Waals surface area contributed by atoms with E-state index in [1.165, 1.54) is 26.7 Å². The van der Waals surface area contributed by atoms with E-state index < -0.39 is 41.4 Å². The topological polar surface area (TPSA) is 164 Å². The number of nitrogens with one attached hydrogen (secondary N) is 1. The summed E-state index contributed by atoms with van der Waals surface area (Å²) in [5.41, 5.74) is 9.97. The lowest BCUT2D eigenvalue weighted by molar-refractivity contribution is -0.167. The largest absolute Gasteiger partial charge is 0.508 e. The number of rotatable bonds is 11. The van der Waals surface area contributed by atoms with Crippen molar-refractivity contribution in [2.45, 2.75) is 88.9 Å². The van der Waals surface area contributed by atoms with Crippen LogP contribution in [0.3, 0.4) is 0 Å². The molecule has 0 radical (unpaired) electrons. The molecule has 11 nitrogen and oxygen atoms in total. The van der Waals surface area contributed by atoms with Gasteiger partial charge in [0.05, 0.1) is 27.2 Å². The number of aliphatic hydroxyl groups excluding tert-OH is 1. The molecule has 362 valence electrons. The summed E-state index contributed by atoms with van der Waals surface area (Å²) < 4.78 is 24.6. The number of phenolic OH excluding ortho intramolecular Hbond substituents is 3. The van der Waals surface area contributed by atoms with Crippen molar-refractivity contribution >= 4 is 28.8 Å². The predicted molar refractivity (Wildman–Crippen MR) is 268 cm³/mol. The van der Waals surface area contributed by atoms with Crippen molar-refractivity contribution < 1.29 is 49.0 Å². The van der Waals surface area contributed by atoms with E-state index in [2.05, 4.69) is 41.7 Å². The monoisotopic (exact) mass is 943 g/mol. The van der Waals surface area contributed by atoms with E-state index in [9.17, 15) is 30.0 Å². The van der Waals surface area contributed by atoms with Gasteiger partial charge in [0.15, 0.2) is 23.0 Å². The minimum atomic E-state index is -0.831. The van der Waals surface area contributed by atoms with Crippen LogP contribution < -0.4 is 14.8 Å². The third kappa shape index (κ3) is 8.42. The van der Waals surface area contributed by atoms with Crippen LogP contribution in [0.1, 0.15) is 89.0 Å². The number of methoxy groups -OCH3 is 2. The zero-order valence-corrected chi connectivity index (χ0v) is 40.2. The summed E-state index contributed by atoms with van der Waals surface area (Å²) in [5, 5.41) is 50.3. The summed E-state index contributed by atoms with van der Waals surface area (Å²) in [6.07, 6.45) is 4.58. The Morgan fingerprint density at radius 1 is 0.743 bits per heavy atom. The zero-order valence-electron chi connectivity index (χ0n) is 40.2. The van der Waals surface area contributed by atoms with E-state index in [0.717, 1.165) is 72.8 Å². The molecule has 6 aromatic carbocycles. The van der Waals surface area contributed by atoms with Gasteiger partial charge < -0.3 is 44.7 Å². The Morgan fingerprint density at radius 2 is 1.54 bits per heavy atom. The number of ether oxygens (including phenoxy) is 4. The Bertz CT molecular complexity index is 3030. The van der Waals surface area contributed by atoms with E-state index in [4.69, 9.17) is 18.9 Å². The second kappa shape index (κ2) is 19.2. The van der Waals surface area contributed by atoms with Crippen LogP contribution in [-0.4, -0.2) is 72.4 Å². The Balaban J connectivity index is 1.11. The molecule has 0 aromatic heterocycles. The Kier molecular flexibility index (Phi) is 12.8. The smallest absolute Gasteiger partial charge is 0.310 e. The molecule has 0 saturated heterocycles. The van der Waals surface area contributed by atoms with Crippen molar-refractivity contribution in [3.8, 4) is 39.9 Å². The molecule has 4 aliphatic rings. The lowest BCUT2D eigenvalue weighted by atomic mass is 9.43. The molecule has 70 heavy (non-hydrogen) atoms. The molecule has 0 spiro atoms. The van der Waals surface area contributed by atoms with Crippen molar-refractivity contribution in [3.63, 3.8) is 0 Å². The molecule has 6 aromatic rings. The van der Waals surface area contributed by atoms with Crippen LogP contribution in [0.25, 0.3) is 28.0 Å². The van der Waals surface area contributed by atoms with Crippen LogP contribution in [0.2, 0.25) is 0 Å². The number of aromatic hydroxyl groups is 3. The van der Waals surface area contributed by atoms with Crippen LogP contribution in [0.4, 0.5) is 0 Å². The van der Waals surface area contributed by atoms with Gasteiger partial charge >= 0.3 is 11.9 Å². The molecule has 7 atom stereocenters. The first-order chi connectivity index (χ1) is 33.9. The lowest BCUT2D eigenvalue weighted by Crippen LogP contribution is -2.58. The van der Waals surface area contributed by atoms with Crippen molar-refractivity contribution in [1.82, 2.24) is 5.32 Å². The molecule has 1 fully saturated rings. The first kappa shape index (κ1) is 46.9. The van der Waals surface area contributed by atoms with Gasteiger partial charge in [-0.05, 0) is 172 Å². The molecule has 1 saturated carbocycles. The summed E-state index contributed by atoms with van der Waals surface area (Å²) in [4.78, 5) is 28.1. The fourth-order valence-corrected chi connectivity index (χ4v) is 13.3. The van der Waals surface area contributed by atoms with Gasteiger partial charge in [-0.25, -0.2) is 0 Å². The SMILES string of the molecule is CNCc1cccc(-c2cc(O)cc3ccc(CC(=O)OC4CC(OC(C)=O)C5Cc6cc(OC)c(O)cc6C(CO)C5(C5=Cc6ccccc6CC5)C5CCc6cc(O)c(OC)cc6C5C4)cc23)c1. The average molecular weight is 944 g/mol. The molecule has 0 amide bonds. The van der Waals surface area contributed by atoms with E-state index in [0.29, 0.717) is 50.1 Å². The van der Waals surface area contributed by atoms with Gasteiger partial charge in [-0.1, -0.05) is 66.2 Å². The van der Waals surface area contributed by atoms with Gasteiger partial charge in [0.25, 0.3) is 0 Å². The van der Waals surface area contributed by atoms with E-state index >= 15 is 0 Å². The number of esters is 2. The molecule has 10 rings (SSSR count). The average Bonchev–Trinajstić information content (AvgIpc) is 3.34. The lowest BCUT2D eigenvalue weighted by Gasteiger charge is -2.61. The number of aliphatic hydroxyl groups is 1. The fourth-order valence-electron chi connectivity index (χ4n) is 13.3. The summed E-state index contributed by atoms with van der Waals surface area (Å²) in [5.74, 6) is -1.48. The summed E-state index contributed by atoms with van der Waals surface area (Å²) >= 11 is 0. The van der Waals surface area contributed by atoms with Crippen LogP contribution in [0.15, 0.2) is 109 Å². The highest BCUT2D eigenvalue weighted by molar-refractivity contribution is 5.98. The van der Waals surface area contributed by atoms with Gasteiger partial charge in [-0.3, -0.25) is 9.59 Å². The second-order valence-corrected chi connectivity index (χ2v) is 19.7. The maximum Gasteiger partial charge on any atom is 0.310 e. The molecule has 0 bridgehead atoms. The molecule has 7 unspecified atom stereocenters. The molecular formula is C59H61NO10. The Hall–Kier alpha value is -6.82. The number of aryl methyl sites for hydroxylation is 2. The number of fused-ring (bicyclic) bond motifs is 8.